The molecule has 1 fully saturated rings. The third-order valence-electron chi connectivity index (χ3n) is 4.94. The van der Waals surface area contributed by atoms with Crippen molar-refractivity contribution < 1.29 is 13.8 Å². The molecule has 0 aliphatic carbocycles. The summed E-state index contributed by atoms with van der Waals surface area (Å²) in [5, 5.41) is 7.88. The molecule has 7 heteroatoms. The molecule has 1 saturated heterocycles. The molecule has 0 N–H and O–H groups in total. The number of carbonyl (C=O) groups excluding carboxylic acids is 1. The van der Waals surface area contributed by atoms with Crippen molar-refractivity contribution >= 4 is 5.91 Å². The van der Waals surface area contributed by atoms with E-state index in [2.05, 4.69) is 15.3 Å². The van der Waals surface area contributed by atoms with E-state index >= 15 is 0 Å². The van der Waals surface area contributed by atoms with Crippen LogP contribution in [0.5, 0.6) is 0 Å². The summed E-state index contributed by atoms with van der Waals surface area (Å²) in [7, 11) is 0. The highest BCUT2D eigenvalue weighted by Gasteiger charge is 2.30. The second kappa shape index (κ2) is 7.34. The molecule has 0 unspecified atom stereocenters. The Morgan fingerprint density at radius 2 is 1.89 bits per heavy atom. The van der Waals surface area contributed by atoms with Crippen LogP contribution in [0.25, 0.3) is 11.3 Å². The number of amides is 1. The van der Waals surface area contributed by atoms with E-state index < -0.39 is 0 Å². The van der Waals surface area contributed by atoms with Crippen molar-refractivity contribution in [1.29, 1.82) is 0 Å². The summed E-state index contributed by atoms with van der Waals surface area (Å²) in [6.07, 6.45) is 3.11. The molecule has 0 spiro atoms. The van der Waals surface area contributed by atoms with Gasteiger partial charge in [-0.3, -0.25) is 4.79 Å². The maximum Gasteiger partial charge on any atom is 0.259 e. The van der Waals surface area contributed by atoms with Crippen molar-refractivity contribution in [2.24, 2.45) is 0 Å². The van der Waals surface area contributed by atoms with Gasteiger partial charge in [-0.25, -0.2) is 0 Å². The average molecular weight is 366 g/mol. The monoisotopic (exact) mass is 366 g/mol. The summed E-state index contributed by atoms with van der Waals surface area (Å²) in [4.78, 5) is 19.3. The largest absolute Gasteiger partial charge is 0.355 e. The summed E-state index contributed by atoms with van der Waals surface area (Å²) in [5.41, 5.74) is 1.35. The van der Waals surface area contributed by atoms with E-state index in [1.807, 2.05) is 49.1 Å². The number of hydrogen-bond acceptors (Lipinski definition) is 6. The van der Waals surface area contributed by atoms with Crippen LogP contribution in [-0.4, -0.2) is 39.2 Å². The van der Waals surface area contributed by atoms with E-state index in [-0.39, 0.29) is 17.7 Å². The van der Waals surface area contributed by atoms with E-state index in [9.17, 15) is 4.79 Å². The molecule has 4 rings (SSSR count). The van der Waals surface area contributed by atoms with Crippen LogP contribution in [0.15, 0.2) is 45.6 Å². The maximum absolute atomic E-state index is 13.0. The Morgan fingerprint density at radius 1 is 1.15 bits per heavy atom. The molecule has 0 saturated carbocycles. The molecule has 0 atom stereocenters. The minimum atomic E-state index is -0.0537. The lowest BCUT2D eigenvalue weighted by Crippen LogP contribution is -2.38. The lowest BCUT2D eigenvalue weighted by molar-refractivity contribution is 0.0705. The van der Waals surface area contributed by atoms with Gasteiger partial charge in [-0.05, 0) is 12.8 Å². The van der Waals surface area contributed by atoms with Gasteiger partial charge in [0.05, 0.1) is 6.20 Å². The molecule has 0 bridgehead atoms. The van der Waals surface area contributed by atoms with Gasteiger partial charge >= 0.3 is 0 Å². The van der Waals surface area contributed by atoms with E-state index in [0.717, 1.165) is 24.2 Å². The standard InChI is InChI=1S/C20H22N4O3/c1-13(2)18-22-19(27-23-18)15-8-10-24(11-9-15)20(25)16-12-21-26-17(16)14-6-4-3-5-7-14/h3-7,12-13,15H,8-11H2,1-2H3. The zero-order chi connectivity index (χ0) is 18.8. The Hall–Kier alpha value is -2.96. The van der Waals surface area contributed by atoms with Crippen LogP contribution in [0.4, 0.5) is 0 Å². The first kappa shape index (κ1) is 17.5. The van der Waals surface area contributed by atoms with Crippen LogP contribution in [0.3, 0.4) is 0 Å². The van der Waals surface area contributed by atoms with Gasteiger partial charge in [-0.2, -0.15) is 4.98 Å². The lowest BCUT2D eigenvalue weighted by atomic mass is 9.96. The highest BCUT2D eigenvalue weighted by Crippen LogP contribution is 2.30. The molecule has 1 aliphatic rings. The first-order chi connectivity index (χ1) is 13.1. The van der Waals surface area contributed by atoms with Gasteiger partial charge in [-0.15, -0.1) is 0 Å². The Bertz CT molecular complexity index is 908. The van der Waals surface area contributed by atoms with E-state index in [4.69, 9.17) is 9.05 Å². The van der Waals surface area contributed by atoms with Crippen molar-refractivity contribution in [3.8, 4) is 11.3 Å². The van der Waals surface area contributed by atoms with Crippen molar-refractivity contribution in [1.82, 2.24) is 20.2 Å². The molecule has 140 valence electrons. The number of rotatable bonds is 4. The Morgan fingerprint density at radius 3 is 2.56 bits per heavy atom. The molecular weight excluding hydrogens is 344 g/mol. The van der Waals surface area contributed by atoms with Crippen molar-refractivity contribution in [2.45, 2.75) is 38.5 Å². The molecule has 3 aromatic rings. The normalized spacial score (nSPS) is 15.4. The van der Waals surface area contributed by atoms with E-state index in [1.54, 1.807) is 0 Å². The summed E-state index contributed by atoms with van der Waals surface area (Å²) in [6, 6.07) is 9.56. The number of carbonyl (C=O) groups is 1. The molecule has 2 aromatic heterocycles. The van der Waals surface area contributed by atoms with Crippen molar-refractivity contribution in [2.75, 3.05) is 13.1 Å². The SMILES string of the molecule is CC(C)c1noc(C2CCN(C(=O)c3cnoc3-c3ccccc3)CC2)n1. The highest BCUT2D eigenvalue weighted by molar-refractivity contribution is 5.99. The first-order valence-corrected chi connectivity index (χ1v) is 9.26. The Labute approximate surface area is 157 Å². The predicted molar refractivity (Wildman–Crippen MR) is 98.2 cm³/mol. The zero-order valence-electron chi connectivity index (χ0n) is 15.5. The van der Waals surface area contributed by atoms with Crippen LogP contribution in [-0.2, 0) is 0 Å². The predicted octanol–water partition coefficient (Wildman–Crippen LogP) is 3.87. The van der Waals surface area contributed by atoms with E-state index in [1.165, 1.54) is 6.20 Å². The fourth-order valence-electron chi connectivity index (χ4n) is 3.34. The summed E-state index contributed by atoms with van der Waals surface area (Å²) in [5.74, 6) is 2.32. The van der Waals surface area contributed by atoms with Gasteiger partial charge in [0, 0.05) is 30.5 Å². The van der Waals surface area contributed by atoms with E-state index in [0.29, 0.717) is 30.3 Å². The number of hydrogen-bond donors (Lipinski definition) is 0. The van der Waals surface area contributed by atoms with Gasteiger partial charge < -0.3 is 13.9 Å². The van der Waals surface area contributed by atoms with Crippen molar-refractivity contribution in [3.63, 3.8) is 0 Å². The fraction of sp³-hybridized carbons (Fsp3) is 0.400. The van der Waals surface area contributed by atoms with Crippen LogP contribution in [0, 0.1) is 0 Å². The minimum absolute atomic E-state index is 0.0537. The molecule has 7 nitrogen and oxygen atoms in total. The highest BCUT2D eigenvalue weighted by atomic mass is 16.5. The third kappa shape index (κ3) is 3.49. The second-order valence-electron chi connectivity index (χ2n) is 7.15. The smallest absolute Gasteiger partial charge is 0.259 e. The van der Waals surface area contributed by atoms with Crippen LogP contribution >= 0.6 is 0 Å². The van der Waals surface area contributed by atoms with Crippen LogP contribution in [0.1, 0.15) is 60.6 Å². The molecule has 1 amide bonds. The van der Waals surface area contributed by atoms with Crippen LogP contribution in [0.2, 0.25) is 0 Å². The summed E-state index contributed by atoms with van der Waals surface area (Å²) < 4.78 is 10.8. The van der Waals surface area contributed by atoms with Gasteiger partial charge in [0.15, 0.2) is 11.6 Å². The molecular formula is C20H22N4O3. The number of aromatic nitrogens is 3. The first-order valence-electron chi connectivity index (χ1n) is 9.26. The second-order valence-corrected chi connectivity index (χ2v) is 7.15. The van der Waals surface area contributed by atoms with Gasteiger partial charge in [0.25, 0.3) is 5.91 Å². The maximum atomic E-state index is 13.0. The average Bonchev–Trinajstić information content (AvgIpc) is 3.38. The number of piperidine rings is 1. The lowest BCUT2D eigenvalue weighted by Gasteiger charge is -2.30. The fourth-order valence-corrected chi connectivity index (χ4v) is 3.34. The summed E-state index contributed by atoms with van der Waals surface area (Å²) in [6.45, 7) is 5.36. The third-order valence-corrected chi connectivity index (χ3v) is 4.94. The molecule has 0 radical (unpaired) electrons. The number of likely N-dealkylation sites (tertiary alicyclic amines) is 1. The zero-order valence-corrected chi connectivity index (χ0v) is 15.5. The Kier molecular flexibility index (Phi) is 4.75. The quantitative estimate of drug-likeness (QED) is 0.697. The molecule has 3 heterocycles. The minimum Gasteiger partial charge on any atom is -0.355 e. The van der Waals surface area contributed by atoms with Crippen molar-refractivity contribution in [3.05, 3.63) is 53.8 Å². The van der Waals surface area contributed by atoms with Crippen LogP contribution < -0.4 is 0 Å². The Balaban J connectivity index is 1.44. The number of benzene rings is 1. The molecule has 1 aliphatic heterocycles. The van der Waals surface area contributed by atoms with Gasteiger partial charge in [0.1, 0.15) is 5.56 Å². The summed E-state index contributed by atoms with van der Waals surface area (Å²) >= 11 is 0. The molecule has 27 heavy (non-hydrogen) atoms. The number of nitrogens with zero attached hydrogens (tertiary/aromatic N) is 4. The van der Waals surface area contributed by atoms with Gasteiger partial charge in [0.2, 0.25) is 5.89 Å². The topological polar surface area (TPSA) is 85.3 Å². The van der Waals surface area contributed by atoms with Gasteiger partial charge in [-0.1, -0.05) is 54.5 Å². The molecule has 1 aromatic carbocycles.